The molecule has 1 unspecified atom stereocenters. The molecule has 10 heteroatoms. The van der Waals surface area contributed by atoms with Crippen molar-refractivity contribution >= 4 is 10.1 Å². The summed E-state index contributed by atoms with van der Waals surface area (Å²) in [6, 6.07) is 6.19. The van der Waals surface area contributed by atoms with Gasteiger partial charge in [0, 0.05) is 13.2 Å². The largest absolute Gasteiger partial charge is 0.396 e. The molecule has 9 nitrogen and oxygen atoms in total. The van der Waals surface area contributed by atoms with E-state index in [-0.39, 0.29) is 31.3 Å². The molecule has 29 heavy (non-hydrogen) atoms. The minimum atomic E-state index is -4.00. The molecule has 1 aromatic rings. The van der Waals surface area contributed by atoms with E-state index in [1.54, 1.807) is 12.1 Å². The van der Waals surface area contributed by atoms with Gasteiger partial charge in [-0.1, -0.05) is 17.7 Å². The van der Waals surface area contributed by atoms with E-state index in [2.05, 4.69) is 0 Å². The zero-order valence-corrected chi connectivity index (χ0v) is 17.6. The van der Waals surface area contributed by atoms with Crippen molar-refractivity contribution in [3.63, 3.8) is 0 Å². The Morgan fingerprint density at radius 1 is 0.862 bits per heavy atom. The van der Waals surface area contributed by atoms with E-state index in [1.165, 1.54) is 12.1 Å². The van der Waals surface area contributed by atoms with Gasteiger partial charge in [0.1, 0.15) is 19.3 Å². The second-order valence-corrected chi connectivity index (χ2v) is 7.86. The van der Waals surface area contributed by atoms with Crippen LogP contribution in [0.1, 0.15) is 24.8 Å². The minimum Gasteiger partial charge on any atom is -0.396 e. The summed E-state index contributed by atoms with van der Waals surface area (Å²) in [4.78, 5) is 9.79. The lowest BCUT2D eigenvalue weighted by Gasteiger charge is -2.15. The fourth-order valence-electron chi connectivity index (χ4n) is 2.14. The Morgan fingerprint density at radius 3 is 2.17 bits per heavy atom. The van der Waals surface area contributed by atoms with Crippen LogP contribution in [0.5, 0.6) is 0 Å². The molecular weight excluding hydrogens is 404 g/mol. The van der Waals surface area contributed by atoms with E-state index in [4.69, 9.17) is 28.5 Å². The molecule has 0 heterocycles. The van der Waals surface area contributed by atoms with Crippen molar-refractivity contribution < 1.29 is 42.1 Å². The molecule has 0 bridgehead atoms. The first-order valence-corrected chi connectivity index (χ1v) is 11.0. The van der Waals surface area contributed by atoms with Crippen LogP contribution in [-0.2, 0) is 33.6 Å². The van der Waals surface area contributed by atoms with Crippen LogP contribution >= 0.6 is 0 Å². The van der Waals surface area contributed by atoms with Gasteiger partial charge in [0.2, 0.25) is 0 Å². The van der Waals surface area contributed by atoms with Crippen LogP contribution in [0.2, 0.25) is 0 Å². The Hall–Kier alpha value is -1.11. The van der Waals surface area contributed by atoms with E-state index in [1.807, 2.05) is 6.92 Å². The number of ether oxygens (including phenoxy) is 2. The highest BCUT2D eigenvalue weighted by Crippen LogP contribution is 2.15. The lowest BCUT2D eigenvalue weighted by atomic mass is 10.2. The maximum Gasteiger partial charge on any atom is 0.297 e. The molecular formula is C19H32O9S. The number of hydrogen-bond acceptors (Lipinski definition) is 9. The van der Waals surface area contributed by atoms with Crippen molar-refractivity contribution in [1.82, 2.24) is 0 Å². The molecule has 0 aliphatic heterocycles. The molecule has 0 fully saturated rings. The van der Waals surface area contributed by atoms with Crippen molar-refractivity contribution in [2.45, 2.75) is 37.2 Å². The number of aliphatic hydroxyl groups is 2. The van der Waals surface area contributed by atoms with Crippen LogP contribution in [-0.4, -0.2) is 77.6 Å². The monoisotopic (exact) mass is 436 g/mol. The summed E-state index contributed by atoms with van der Waals surface area (Å²) in [6.07, 6.45) is 1.55. The van der Waals surface area contributed by atoms with Gasteiger partial charge in [-0.3, -0.25) is 4.18 Å². The average molecular weight is 437 g/mol. The zero-order valence-electron chi connectivity index (χ0n) is 16.8. The molecule has 0 aliphatic carbocycles. The van der Waals surface area contributed by atoms with Crippen molar-refractivity contribution in [3.8, 4) is 0 Å². The van der Waals surface area contributed by atoms with Crippen LogP contribution in [0.3, 0.4) is 0 Å². The van der Waals surface area contributed by atoms with Crippen molar-refractivity contribution in [2.75, 3.05) is 52.9 Å². The predicted molar refractivity (Wildman–Crippen MR) is 105 cm³/mol. The lowest BCUT2D eigenvalue weighted by molar-refractivity contribution is -0.308. The number of rotatable bonds is 18. The summed E-state index contributed by atoms with van der Waals surface area (Å²) in [6.45, 7) is 3.20. The fourth-order valence-corrected chi connectivity index (χ4v) is 3.20. The molecule has 0 aromatic heterocycles. The summed E-state index contributed by atoms with van der Waals surface area (Å²) < 4.78 is 40.0. The maximum absolute atomic E-state index is 12.2. The van der Waals surface area contributed by atoms with Crippen LogP contribution in [0.4, 0.5) is 0 Å². The van der Waals surface area contributed by atoms with Crippen LogP contribution < -0.4 is 0 Å². The summed E-state index contributed by atoms with van der Waals surface area (Å²) in [5.74, 6) is 0. The smallest absolute Gasteiger partial charge is 0.297 e. The van der Waals surface area contributed by atoms with Crippen molar-refractivity contribution in [3.05, 3.63) is 29.8 Å². The highest BCUT2D eigenvalue weighted by molar-refractivity contribution is 7.86. The van der Waals surface area contributed by atoms with Crippen molar-refractivity contribution in [1.29, 1.82) is 0 Å². The molecule has 0 amide bonds. The zero-order chi connectivity index (χ0) is 21.4. The first-order valence-electron chi connectivity index (χ1n) is 9.61. The molecule has 0 spiro atoms. The quantitative estimate of drug-likeness (QED) is 0.151. The SMILES string of the molecule is Cc1ccc(S(=O)(=O)OC(CO)COOCCOCCOCCCCCO)cc1. The third-order valence-corrected chi connectivity index (χ3v) is 5.12. The second-order valence-electron chi connectivity index (χ2n) is 6.28. The van der Waals surface area contributed by atoms with E-state index in [0.29, 0.717) is 19.8 Å². The Morgan fingerprint density at radius 2 is 1.52 bits per heavy atom. The van der Waals surface area contributed by atoms with Gasteiger partial charge >= 0.3 is 0 Å². The summed E-state index contributed by atoms with van der Waals surface area (Å²) in [7, 11) is -4.00. The third-order valence-electron chi connectivity index (χ3n) is 3.74. The number of unbranched alkanes of at least 4 members (excludes halogenated alkanes) is 2. The topological polar surface area (TPSA) is 121 Å². The predicted octanol–water partition coefficient (Wildman–Crippen LogP) is 1.21. The number of hydrogen-bond donors (Lipinski definition) is 2. The Bertz CT molecular complexity index is 619. The Kier molecular flexibility index (Phi) is 14.0. The normalized spacial score (nSPS) is 12.9. The number of aryl methyl sites for hydroxylation is 1. The first-order chi connectivity index (χ1) is 14.0. The Balaban J connectivity index is 2.08. The molecule has 1 atom stereocenters. The standard InChI is InChI=1S/C19H32O9S/c1-17-5-7-19(8-6-17)29(22,23)28-18(15-21)16-27-26-14-13-25-12-11-24-10-4-2-3-9-20/h5-8,18,20-21H,2-4,9-16H2,1H3. The van der Waals surface area contributed by atoms with E-state index >= 15 is 0 Å². The minimum absolute atomic E-state index is 0.00600. The summed E-state index contributed by atoms with van der Waals surface area (Å²) in [5, 5.41) is 17.9. The Labute approximate surface area is 172 Å². The van der Waals surface area contributed by atoms with Gasteiger partial charge in [-0.2, -0.15) is 8.42 Å². The number of aliphatic hydroxyl groups excluding tert-OH is 2. The average Bonchev–Trinajstić information content (AvgIpc) is 2.70. The van der Waals surface area contributed by atoms with Gasteiger partial charge in [0.15, 0.2) is 0 Å². The molecule has 0 aliphatic rings. The highest BCUT2D eigenvalue weighted by atomic mass is 32.2. The molecule has 1 aromatic carbocycles. The van der Waals surface area contributed by atoms with E-state index in [0.717, 1.165) is 24.8 Å². The molecule has 0 radical (unpaired) electrons. The molecule has 168 valence electrons. The van der Waals surface area contributed by atoms with Gasteiger partial charge in [-0.15, -0.1) is 0 Å². The summed E-state index contributed by atoms with van der Waals surface area (Å²) in [5.41, 5.74) is 0.922. The highest BCUT2D eigenvalue weighted by Gasteiger charge is 2.22. The van der Waals surface area contributed by atoms with Crippen LogP contribution in [0.15, 0.2) is 29.2 Å². The van der Waals surface area contributed by atoms with Crippen LogP contribution in [0.25, 0.3) is 0 Å². The molecule has 0 saturated carbocycles. The fraction of sp³-hybridized carbons (Fsp3) is 0.684. The first kappa shape index (κ1) is 25.9. The molecule has 1 rings (SSSR count). The molecule has 2 N–H and O–H groups in total. The van der Waals surface area contributed by atoms with Gasteiger partial charge in [-0.05, 0) is 38.3 Å². The maximum atomic E-state index is 12.2. The third kappa shape index (κ3) is 12.2. The van der Waals surface area contributed by atoms with Gasteiger partial charge in [-0.25, -0.2) is 9.78 Å². The van der Waals surface area contributed by atoms with Crippen LogP contribution in [0, 0.1) is 6.92 Å². The lowest BCUT2D eigenvalue weighted by Crippen LogP contribution is -2.27. The molecule has 0 saturated heterocycles. The number of benzene rings is 1. The van der Waals surface area contributed by atoms with Gasteiger partial charge in [0.25, 0.3) is 10.1 Å². The van der Waals surface area contributed by atoms with Gasteiger partial charge < -0.3 is 19.7 Å². The second kappa shape index (κ2) is 15.7. The van der Waals surface area contributed by atoms with Gasteiger partial charge in [0.05, 0.1) is 31.3 Å². The van der Waals surface area contributed by atoms with Crippen molar-refractivity contribution in [2.24, 2.45) is 0 Å². The van der Waals surface area contributed by atoms with E-state index in [9.17, 15) is 13.5 Å². The summed E-state index contributed by atoms with van der Waals surface area (Å²) >= 11 is 0. The van der Waals surface area contributed by atoms with E-state index < -0.39 is 22.8 Å².